The van der Waals surface area contributed by atoms with Crippen molar-refractivity contribution >= 4 is 20.8 Å². The minimum atomic E-state index is -3.39. The summed E-state index contributed by atoms with van der Waals surface area (Å²) in [6.07, 6.45) is 0. The molecule has 6 heteroatoms. The molecule has 88 valence electrons. The quantitative estimate of drug-likeness (QED) is 0.774. The summed E-state index contributed by atoms with van der Waals surface area (Å²) < 4.78 is 36.8. The van der Waals surface area contributed by atoms with Gasteiger partial charge in [-0.3, -0.25) is 4.21 Å². The van der Waals surface area contributed by atoms with Crippen LogP contribution < -0.4 is 0 Å². The van der Waals surface area contributed by atoms with Crippen molar-refractivity contribution in [1.29, 1.82) is 0 Å². The number of hydrogen-bond acceptors (Lipinski definition) is 3. The monoisotopic (exact) mass is 259 g/mol. The molecule has 2 rings (SSSR count). The van der Waals surface area contributed by atoms with E-state index < -0.39 is 20.8 Å². The first kappa shape index (κ1) is 11.8. The van der Waals surface area contributed by atoms with Crippen LogP contribution in [0.2, 0.25) is 0 Å². The molecule has 0 saturated carbocycles. The summed E-state index contributed by atoms with van der Waals surface area (Å²) in [6.45, 7) is 0.702. The van der Waals surface area contributed by atoms with Gasteiger partial charge in [-0.05, 0) is 12.1 Å². The largest absolute Gasteiger partial charge is 0.259 e. The Morgan fingerprint density at radius 3 is 2.19 bits per heavy atom. The lowest BCUT2D eigenvalue weighted by molar-refractivity contribution is 0.438. The molecule has 4 nitrogen and oxygen atoms in total. The smallest absolute Gasteiger partial charge is 0.243 e. The molecule has 0 radical (unpaired) electrons. The van der Waals surface area contributed by atoms with E-state index in [1.807, 2.05) is 0 Å². The highest BCUT2D eigenvalue weighted by atomic mass is 32.2. The molecule has 0 amide bonds. The molecule has 1 aromatic rings. The fourth-order valence-corrected chi connectivity index (χ4v) is 4.35. The van der Waals surface area contributed by atoms with Gasteiger partial charge in [-0.2, -0.15) is 4.31 Å². The summed E-state index contributed by atoms with van der Waals surface area (Å²) in [5.41, 5.74) is 0. The molecule has 16 heavy (non-hydrogen) atoms. The molecule has 1 aliphatic rings. The minimum absolute atomic E-state index is 0.308. The van der Waals surface area contributed by atoms with Gasteiger partial charge in [0.1, 0.15) is 0 Å². The number of sulfonamides is 1. The number of hydrogen-bond donors (Lipinski definition) is 0. The Bertz CT molecular complexity index is 474. The van der Waals surface area contributed by atoms with Crippen molar-refractivity contribution in [3.63, 3.8) is 0 Å². The summed E-state index contributed by atoms with van der Waals surface area (Å²) >= 11 is 0. The van der Waals surface area contributed by atoms with Gasteiger partial charge in [0, 0.05) is 35.4 Å². The van der Waals surface area contributed by atoms with Crippen LogP contribution in [0.4, 0.5) is 0 Å². The van der Waals surface area contributed by atoms with Gasteiger partial charge < -0.3 is 0 Å². The third-order valence-corrected chi connectivity index (χ3v) is 5.71. The normalized spacial score (nSPS) is 19.8. The molecule has 0 bridgehead atoms. The van der Waals surface area contributed by atoms with E-state index in [2.05, 4.69) is 0 Å². The van der Waals surface area contributed by atoms with Gasteiger partial charge in [-0.15, -0.1) is 0 Å². The summed E-state index contributed by atoms with van der Waals surface area (Å²) in [5, 5.41) is 0. The predicted molar refractivity (Wildman–Crippen MR) is 63.1 cm³/mol. The van der Waals surface area contributed by atoms with E-state index >= 15 is 0 Å². The zero-order valence-corrected chi connectivity index (χ0v) is 10.3. The zero-order valence-electron chi connectivity index (χ0n) is 8.70. The maximum absolute atomic E-state index is 12.1. The second-order valence-electron chi connectivity index (χ2n) is 3.57. The van der Waals surface area contributed by atoms with E-state index in [-0.39, 0.29) is 0 Å². The van der Waals surface area contributed by atoms with Gasteiger partial charge in [0.25, 0.3) is 0 Å². The Hall–Kier alpha value is -0.720. The van der Waals surface area contributed by atoms with Gasteiger partial charge in [-0.25, -0.2) is 8.42 Å². The molecular weight excluding hydrogens is 246 g/mol. The van der Waals surface area contributed by atoms with Crippen molar-refractivity contribution in [1.82, 2.24) is 4.31 Å². The average Bonchev–Trinajstić information content (AvgIpc) is 2.31. The van der Waals surface area contributed by atoms with Crippen molar-refractivity contribution in [3.8, 4) is 0 Å². The molecular formula is C10H13NO3S2. The SMILES string of the molecule is O=S1CCN(S(=O)(=O)c2ccccc2)CC1. The molecule has 1 heterocycles. The number of nitrogens with zero attached hydrogens (tertiary/aromatic N) is 1. The van der Waals surface area contributed by atoms with Crippen molar-refractivity contribution in [2.45, 2.75) is 4.90 Å². The highest BCUT2D eigenvalue weighted by Gasteiger charge is 2.27. The highest BCUT2D eigenvalue weighted by molar-refractivity contribution is 7.89. The summed E-state index contributed by atoms with van der Waals surface area (Å²) in [4.78, 5) is 0.308. The Labute approximate surface area is 97.8 Å². The lowest BCUT2D eigenvalue weighted by atomic mass is 10.4. The summed E-state index contributed by atoms with van der Waals surface area (Å²) in [6, 6.07) is 8.36. The molecule has 1 aliphatic heterocycles. The van der Waals surface area contributed by atoms with Crippen molar-refractivity contribution in [2.24, 2.45) is 0 Å². The number of rotatable bonds is 2. The van der Waals surface area contributed by atoms with Crippen LogP contribution in [0.1, 0.15) is 0 Å². The second kappa shape index (κ2) is 4.65. The first-order chi connectivity index (χ1) is 7.60. The van der Waals surface area contributed by atoms with E-state index in [0.717, 1.165) is 0 Å². The Balaban J connectivity index is 2.23. The maximum Gasteiger partial charge on any atom is 0.243 e. The predicted octanol–water partition coefficient (Wildman–Crippen LogP) is 0.440. The van der Waals surface area contributed by atoms with Crippen molar-refractivity contribution in [3.05, 3.63) is 30.3 Å². The standard InChI is InChI=1S/C10H13NO3S2/c12-15-8-6-11(7-9-15)16(13,14)10-4-2-1-3-5-10/h1-5H,6-9H2. The lowest BCUT2D eigenvalue weighted by Crippen LogP contribution is -2.41. The topological polar surface area (TPSA) is 54.5 Å². The molecule has 0 spiro atoms. The average molecular weight is 259 g/mol. The van der Waals surface area contributed by atoms with Crippen LogP contribution in [0.5, 0.6) is 0 Å². The van der Waals surface area contributed by atoms with E-state index in [1.165, 1.54) is 4.31 Å². The third-order valence-electron chi connectivity index (χ3n) is 2.52. The maximum atomic E-state index is 12.1. The molecule has 0 unspecified atom stereocenters. The molecule has 1 saturated heterocycles. The third kappa shape index (κ3) is 2.34. The zero-order chi connectivity index (χ0) is 11.6. The minimum Gasteiger partial charge on any atom is -0.259 e. The fourth-order valence-electron chi connectivity index (χ4n) is 1.60. The van der Waals surface area contributed by atoms with Gasteiger partial charge in [0.05, 0.1) is 4.90 Å². The summed E-state index contributed by atoms with van der Waals surface area (Å²) in [5.74, 6) is 0.873. The fraction of sp³-hybridized carbons (Fsp3) is 0.400. The molecule has 1 aromatic carbocycles. The molecule has 0 N–H and O–H groups in total. The first-order valence-corrected chi connectivity index (χ1v) is 7.94. The van der Waals surface area contributed by atoms with Gasteiger partial charge in [0.15, 0.2) is 0 Å². The number of benzene rings is 1. The van der Waals surface area contributed by atoms with Crippen LogP contribution in [0.3, 0.4) is 0 Å². The van der Waals surface area contributed by atoms with E-state index in [0.29, 0.717) is 29.5 Å². The Morgan fingerprint density at radius 2 is 1.62 bits per heavy atom. The van der Waals surface area contributed by atoms with Crippen LogP contribution in [0, 0.1) is 0 Å². The molecule has 1 fully saturated rings. The van der Waals surface area contributed by atoms with Crippen LogP contribution in [-0.4, -0.2) is 41.5 Å². The van der Waals surface area contributed by atoms with Crippen molar-refractivity contribution < 1.29 is 12.6 Å². The lowest BCUT2D eigenvalue weighted by Gasteiger charge is -2.25. The van der Waals surface area contributed by atoms with E-state index in [9.17, 15) is 12.6 Å². The van der Waals surface area contributed by atoms with Crippen LogP contribution >= 0.6 is 0 Å². The Morgan fingerprint density at radius 1 is 1.06 bits per heavy atom. The van der Waals surface area contributed by atoms with Crippen LogP contribution in [0.15, 0.2) is 35.2 Å². The second-order valence-corrected chi connectivity index (χ2v) is 7.20. The Kier molecular flexibility index (Phi) is 3.41. The summed E-state index contributed by atoms with van der Waals surface area (Å²) in [7, 11) is -4.24. The highest BCUT2D eigenvalue weighted by Crippen LogP contribution is 2.16. The first-order valence-electron chi connectivity index (χ1n) is 5.01. The van der Waals surface area contributed by atoms with E-state index in [1.54, 1.807) is 30.3 Å². The van der Waals surface area contributed by atoms with E-state index in [4.69, 9.17) is 0 Å². The molecule has 0 atom stereocenters. The molecule has 0 aliphatic carbocycles. The van der Waals surface area contributed by atoms with Crippen LogP contribution in [-0.2, 0) is 20.8 Å². The van der Waals surface area contributed by atoms with Gasteiger partial charge >= 0.3 is 0 Å². The molecule has 0 aromatic heterocycles. The van der Waals surface area contributed by atoms with Crippen molar-refractivity contribution in [2.75, 3.05) is 24.6 Å². The van der Waals surface area contributed by atoms with Gasteiger partial charge in [-0.1, -0.05) is 18.2 Å². The van der Waals surface area contributed by atoms with Gasteiger partial charge in [0.2, 0.25) is 10.0 Å². The van der Waals surface area contributed by atoms with Crippen LogP contribution in [0.25, 0.3) is 0 Å².